The summed E-state index contributed by atoms with van der Waals surface area (Å²) in [5.74, 6) is 0.885. The number of sulfonamides is 1. The first kappa shape index (κ1) is 23.1. The summed E-state index contributed by atoms with van der Waals surface area (Å²) in [6, 6.07) is 13.3. The van der Waals surface area contributed by atoms with E-state index in [-0.39, 0.29) is 10.8 Å². The molecule has 1 aliphatic heterocycles. The highest BCUT2D eigenvalue weighted by atomic mass is 32.2. The van der Waals surface area contributed by atoms with Crippen molar-refractivity contribution in [2.75, 3.05) is 43.6 Å². The van der Waals surface area contributed by atoms with E-state index in [2.05, 4.69) is 29.6 Å². The molecule has 6 nitrogen and oxygen atoms in total. The van der Waals surface area contributed by atoms with Crippen LogP contribution in [0, 0.1) is 6.92 Å². The molecule has 0 saturated carbocycles. The van der Waals surface area contributed by atoms with Crippen molar-refractivity contribution in [3.05, 3.63) is 53.6 Å². The standard InChI is InChI=1S/C21H26N2O4S3/c1-16-3-6-18(13-20(16)30(25,26)23-9-11-27-12-10-23)22-21(24)15-29-14-17-4-7-19(28-2)8-5-17/h3-8,13H,9-12,14-15H2,1-2H3,(H,22,24). The number of morpholine rings is 1. The summed E-state index contributed by atoms with van der Waals surface area (Å²) in [6.07, 6.45) is 2.04. The van der Waals surface area contributed by atoms with Crippen LogP contribution in [0.15, 0.2) is 52.3 Å². The molecule has 9 heteroatoms. The van der Waals surface area contributed by atoms with E-state index in [1.807, 2.05) is 6.26 Å². The van der Waals surface area contributed by atoms with Crippen LogP contribution in [0.2, 0.25) is 0 Å². The zero-order valence-electron chi connectivity index (χ0n) is 17.1. The molecule has 0 bridgehead atoms. The minimum absolute atomic E-state index is 0.153. The van der Waals surface area contributed by atoms with Crippen LogP contribution in [0.25, 0.3) is 0 Å². The van der Waals surface area contributed by atoms with Gasteiger partial charge in [0.25, 0.3) is 0 Å². The van der Waals surface area contributed by atoms with Gasteiger partial charge in [0.2, 0.25) is 15.9 Å². The number of carbonyl (C=O) groups excluding carboxylic acids is 1. The second-order valence-corrected chi connectivity index (χ2v) is 10.7. The third-order valence-electron chi connectivity index (χ3n) is 4.72. The number of rotatable bonds is 8. The van der Waals surface area contributed by atoms with Crippen LogP contribution in [0.5, 0.6) is 0 Å². The Balaban J connectivity index is 1.59. The van der Waals surface area contributed by atoms with Gasteiger partial charge >= 0.3 is 0 Å². The van der Waals surface area contributed by atoms with Gasteiger partial charge in [0, 0.05) is 29.4 Å². The minimum Gasteiger partial charge on any atom is -0.379 e. The van der Waals surface area contributed by atoms with E-state index in [0.29, 0.717) is 43.3 Å². The third-order valence-corrected chi connectivity index (χ3v) is 8.51. The highest BCUT2D eigenvalue weighted by Gasteiger charge is 2.28. The van der Waals surface area contributed by atoms with Crippen molar-refractivity contribution in [1.29, 1.82) is 0 Å². The van der Waals surface area contributed by atoms with Crippen molar-refractivity contribution in [3.8, 4) is 0 Å². The Bertz CT molecular complexity index is 972. The number of nitrogens with zero attached hydrogens (tertiary/aromatic N) is 1. The van der Waals surface area contributed by atoms with Crippen LogP contribution in [0.3, 0.4) is 0 Å². The summed E-state index contributed by atoms with van der Waals surface area (Å²) in [5, 5.41) is 2.82. The number of nitrogens with one attached hydrogen (secondary N) is 1. The normalized spacial score (nSPS) is 15.1. The summed E-state index contributed by atoms with van der Waals surface area (Å²) in [4.78, 5) is 13.8. The van der Waals surface area contributed by atoms with Gasteiger partial charge in [-0.25, -0.2) is 8.42 Å². The molecular formula is C21H26N2O4S3. The number of benzene rings is 2. The van der Waals surface area contributed by atoms with E-state index in [1.165, 1.54) is 26.5 Å². The number of ether oxygens (including phenoxy) is 1. The molecule has 0 spiro atoms. The fourth-order valence-corrected chi connectivity index (χ4v) is 5.92. The Morgan fingerprint density at radius 2 is 1.83 bits per heavy atom. The predicted octanol–water partition coefficient (Wildman–Crippen LogP) is 3.61. The minimum atomic E-state index is -3.61. The Kier molecular flexibility index (Phi) is 8.24. The van der Waals surface area contributed by atoms with Crippen LogP contribution in [-0.4, -0.2) is 56.9 Å². The number of aryl methyl sites for hydroxylation is 1. The predicted molar refractivity (Wildman–Crippen MR) is 124 cm³/mol. The SMILES string of the molecule is CSc1ccc(CSCC(=O)Nc2ccc(C)c(S(=O)(=O)N3CCOCC3)c2)cc1. The Labute approximate surface area is 186 Å². The van der Waals surface area contributed by atoms with E-state index in [4.69, 9.17) is 4.74 Å². The van der Waals surface area contributed by atoms with Gasteiger partial charge in [-0.3, -0.25) is 4.79 Å². The Hall–Kier alpha value is -1.52. The van der Waals surface area contributed by atoms with Crippen molar-refractivity contribution in [2.24, 2.45) is 0 Å². The summed E-state index contributed by atoms with van der Waals surface area (Å²) >= 11 is 3.22. The van der Waals surface area contributed by atoms with E-state index >= 15 is 0 Å². The molecule has 1 N–H and O–H groups in total. The molecule has 0 atom stereocenters. The van der Waals surface area contributed by atoms with Crippen molar-refractivity contribution in [3.63, 3.8) is 0 Å². The lowest BCUT2D eigenvalue weighted by Crippen LogP contribution is -2.40. The zero-order valence-corrected chi connectivity index (χ0v) is 19.5. The third kappa shape index (κ3) is 6.01. The molecule has 0 aromatic heterocycles. The maximum Gasteiger partial charge on any atom is 0.243 e. The summed E-state index contributed by atoms with van der Waals surface area (Å²) in [7, 11) is -3.61. The molecule has 0 unspecified atom stereocenters. The quantitative estimate of drug-likeness (QED) is 0.599. The van der Waals surface area contributed by atoms with Gasteiger partial charge in [0.1, 0.15) is 0 Å². The second-order valence-electron chi connectivity index (χ2n) is 6.89. The van der Waals surface area contributed by atoms with Gasteiger partial charge in [-0.05, 0) is 48.6 Å². The van der Waals surface area contributed by atoms with E-state index in [9.17, 15) is 13.2 Å². The smallest absolute Gasteiger partial charge is 0.243 e. The van der Waals surface area contributed by atoms with Gasteiger partial charge in [-0.1, -0.05) is 18.2 Å². The molecule has 2 aromatic rings. The zero-order chi connectivity index (χ0) is 21.6. The van der Waals surface area contributed by atoms with Crippen molar-refractivity contribution < 1.29 is 17.9 Å². The summed E-state index contributed by atoms with van der Waals surface area (Å²) < 4.78 is 32.6. The molecule has 1 amide bonds. The Morgan fingerprint density at radius 1 is 1.13 bits per heavy atom. The molecular weight excluding hydrogens is 440 g/mol. The first-order chi connectivity index (χ1) is 14.4. The van der Waals surface area contributed by atoms with Gasteiger partial charge in [0.05, 0.1) is 23.9 Å². The fraction of sp³-hybridized carbons (Fsp3) is 0.381. The van der Waals surface area contributed by atoms with Crippen molar-refractivity contribution >= 4 is 45.1 Å². The van der Waals surface area contributed by atoms with E-state index in [1.54, 1.807) is 36.9 Å². The number of thioether (sulfide) groups is 2. The molecule has 2 aromatic carbocycles. The lowest BCUT2D eigenvalue weighted by Gasteiger charge is -2.26. The Morgan fingerprint density at radius 3 is 2.50 bits per heavy atom. The number of carbonyl (C=O) groups is 1. The number of hydrogen-bond acceptors (Lipinski definition) is 6. The molecule has 1 aliphatic rings. The molecule has 30 heavy (non-hydrogen) atoms. The van der Waals surface area contributed by atoms with Gasteiger partial charge in [-0.15, -0.1) is 23.5 Å². The van der Waals surface area contributed by atoms with Gasteiger partial charge in [0.15, 0.2) is 0 Å². The van der Waals surface area contributed by atoms with Gasteiger partial charge in [-0.2, -0.15) is 4.31 Å². The highest BCUT2D eigenvalue weighted by molar-refractivity contribution is 7.99. The molecule has 1 saturated heterocycles. The van der Waals surface area contributed by atoms with E-state index < -0.39 is 10.0 Å². The van der Waals surface area contributed by atoms with Gasteiger partial charge < -0.3 is 10.1 Å². The maximum atomic E-state index is 13.0. The van der Waals surface area contributed by atoms with Crippen LogP contribution in [-0.2, 0) is 25.3 Å². The monoisotopic (exact) mass is 466 g/mol. The summed E-state index contributed by atoms with van der Waals surface area (Å²) in [6.45, 7) is 3.23. The first-order valence-electron chi connectivity index (χ1n) is 9.59. The number of hydrogen-bond donors (Lipinski definition) is 1. The average Bonchev–Trinajstić information content (AvgIpc) is 2.76. The number of amides is 1. The highest BCUT2D eigenvalue weighted by Crippen LogP contribution is 2.25. The molecule has 0 aliphatic carbocycles. The van der Waals surface area contributed by atoms with Crippen LogP contribution < -0.4 is 5.32 Å². The fourth-order valence-electron chi connectivity index (χ4n) is 3.06. The second kappa shape index (κ2) is 10.7. The summed E-state index contributed by atoms with van der Waals surface area (Å²) in [5.41, 5.74) is 2.31. The average molecular weight is 467 g/mol. The molecule has 0 radical (unpaired) electrons. The lowest BCUT2D eigenvalue weighted by molar-refractivity contribution is -0.113. The lowest BCUT2D eigenvalue weighted by atomic mass is 10.2. The topological polar surface area (TPSA) is 75.7 Å². The largest absolute Gasteiger partial charge is 0.379 e. The molecule has 1 fully saturated rings. The molecule has 3 rings (SSSR count). The molecule has 162 valence electrons. The van der Waals surface area contributed by atoms with E-state index in [0.717, 1.165) is 5.75 Å². The van der Waals surface area contributed by atoms with Crippen LogP contribution in [0.1, 0.15) is 11.1 Å². The van der Waals surface area contributed by atoms with Crippen LogP contribution in [0.4, 0.5) is 5.69 Å². The number of anilines is 1. The van der Waals surface area contributed by atoms with Crippen LogP contribution >= 0.6 is 23.5 Å². The maximum absolute atomic E-state index is 13.0. The van der Waals surface area contributed by atoms with Crippen molar-refractivity contribution in [1.82, 2.24) is 4.31 Å². The first-order valence-corrected chi connectivity index (χ1v) is 13.4. The van der Waals surface area contributed by atoms with Crippen molar-refractivity contribution in [2.45, 2.75) is 22.5 Å². The molecule has 1 heterocycles.